The summed E-state index contributed by atoms with van der Waals surface area (Å²) < 4.78 is 4.73. The lowest BCUT2D eigenvalue weighted by atomic mass is 9.93. The molecule has 86 heavy (non-hydrogen) atoms. The van der Waals surface area contributed by atoms with Gasteiger partial charge in [0.15, 0.2) is 0 Å². The Morgan fingerprint density at radius 3 is 1.10 bits per heavy atom. The Hall–Kier alpha value is -11.6. The predicted octanol–water partition coefficient (Wildman–Crippen LogP) is 21.4. The van der Waals surface area contributed by atoms with Crippen molar-refractivity contribution in [3.05, 3.63) is 328 Å². The number of aromatic nitrogens is 4. The molecular formula is C80H54N6. The van der Waals surface area contributed by atoms with E-state index in [9.17, 15) is 0 Å². The summed E-state index contributed by atoms with van der Waals surface area (Å²) in [5.74, 6) is 0. The molecular weight excluding hydrogens is 1040 g/mol. The van der Waals surface area contributed by atoms with Crippen LogP contribution < -0.4 is 9.80 Å². The van der Waals surface area contributed by atoms with Crippen LogP contribution in [0.4, 0.5) is 34.1 Å². The highest BCUT2D eigenvalue weighted by molar-refractivity contribution is 6.12. The largest absolute Gasteiger partial charge is 0.310 e. The Balaban J connectivity index is 0.839. The zero-order chi connectivity index (χ0) is 56.9. The maximum absolute atomic E-state index is 5.75. The van der Waals surface area contributed by atoms with E-state index in [0.29, 0.717) is 0 Å². The fourth-order valence-electron chi connectivity index (χ4n) is 12.8. The van der Waals surface area contributed by atoms with E-state index in [2.05, 4.69) is 347 Å². The second kappa shape index (κ2) is 21.3. The van der Waals surface area contributed by atoms with Crippen LogP contribution >= 0.6 is 0 Å². The lowest BCUT2D eigenvalue weighted by molar-refractivity contribution is 1.18. The Morgan fingerprint density at radius 1 is 0.233 bits per heavy atom. The predicted molar refractivity (Wildman–Crippen MR) is 359 cm³/mol. The van der Waals surface area contributed by atoms with E-state index in [1.54, 1.807) is 0 Å². The molecule has 0 aliphatic rings. The molecule has 0 saturated heterocycles. The number of rotatable bonds is 12. The monoisotopic (exact) mass is 1100 g/mol. The number of fused-ring (bicyclic) bond motifs is 7. The van der Waals surface area contributed by atoms with Crippen molar-refractivity contribution >= 4 is 88.8 Å². The third-order valence-corrected chi connectivity index (χ3v) is 16.7. The van der Waals surface area contributed by atoms with Crippen molar-refractivity contribution in [3.8, 4) is 56.1 Å². The summed E-state index contributed by atoms with van der Waals surface area (Å²) >= 11 is 0. The molecule has 0 saturated carbocycles. The van der Waals surface area contributed by atoms with Crippen molar-refractivity contribution in [2.24, 2.45) is 0 Å². The number of anilines is 6. The molecule has 3 aromatic heterocycles. The minimum absolute atomic E-state index is 0.794. The third kappa shape index (κ3) is 8.75. The molecule has 6 nitrogen and oxygen atoms in total. The molecule has 6 heteroatoms. The molecule has 3 heterocycles. The number of nitrogens with zero attached hydrogens (tertiary/aromatic N) is 6. The van der Waals surface area contributed by atoms with Gasteiger partial charge in [0.2, 0.25) is 0 Å². The Labute approximate surface area is 498 Å². The Bertz CT molecular complexity index is 5140. The zero-order valence-electron chi connectivity index (χ0n) is 46.9. The van der Waals surface area contributed by atoms with Crippen LogP contribution in [0.5, 0.6) is 0 Å². The van der Waals surface area contributed by atoms with Gasteiger partial charge in [-0.1, -0.05) is 200 Å². The highest BCUT2D eigenvalue weighted by Gasteiger charge is 2.23. The fraction of sp³-hybridized carbons (Fsp3) is 0. The summed E-state index contributed by atoms with van der Waals surface area (Å²) in [7, 11) is 0. The SMILES string of the molecule is c1ccc(-c2ccccc2-c2cccc3nc(-c4ccc(N(c5ccccc5)c5ccc6c(c5)c5ccccc5n6-c5ccccc5)cc4)c(-c4ccc(N(c5ccccc5)c5ccc6c(c5)c5ccccc5n6-c5ccccc5)cc4)nc23)cc1. The van der Waals surface area contributed by atoms with Gasteiger partial charge < -0.3 is 18.9 Å². The molecule has 0 unspecified atom stereocenters. The molecule has 0 bridgehead atoms. The molecule has 0 spiro atoms. The van der Waals surface area contributed by atoms with E-state index in [1.165, 1.54) is 32.6 Å². The van der Waals surface area contributed by atoms with Crippen molar-refractivity contribution in [2.45, 2.75) is 0 Å². The van der Waals surface area contributed by atoms with Gasteiger partial charge in [-0.15, -0.1) is 0 Å². The Morgan fingerprint density at radius 2 is 0.605 bits per heavy atom. The Kier molecular flexibility index (Phi) is 12.4. The second-order valence-corrected chi connectivity index (χ2v) is 21.7. The highest BCUT2D eigenvalue weighted by atomic mass is 15.1. The third-order valence-electron chi connectivity index (χ3n) is 16.7. The van der Waals surface area contributed by atoms with Crippen LogP contribution in [0.3, 0.4) is 0 Å². The molecule has 16 aromatic rings. The summed E-state index contributed by atoms with van der Waals surface area (Å²) in [6.07, 6.45) is 0. The van der Waals surface area contributed by atoms with Gasteiger partial charge in [-0.05, 0) is 144 Å². The molecule has 0 aliphatic heterocycles. The standard InChI is InChI=1S/C80H54N6/c1-6-23-55(24-7-1)66-33-16-17-34-67(66)70-37-22-38-73-80(70)82-79(57-43-47-63(48-44-57)84(59-27-10-3-11-28-59)65-50-52-77-72(54-65)69-36-19-21-40-75(69)86(77)61-31-14-5-15-32-61)78(81-73)56-41-45-62(46-42-56)83(58-25-8-2-9-26-58)64-49-51-76-71(53-64)68-35-18-20-39-74(68)85(76)60-29-12-4-13-30-60/h1-54H. The summed E-state index contributed by atoms with van der Waals surface area (Å²) in [5.41, 5.74) is 22.8. The lowest BCUT2D eigenvalue weighted by Gasteiger charge is -2.26. The summed E-state index contributed by atoms with van der Waals surface area (Å²) in [6, 6.07) is 117. The number of hydrogen-bond acceptors (Lipinski definition) is 4. The summed E-state index contributed by atoms with van der Waals surface area (Å²) in [4.78, 5) is 16.1. The fourth-order valence-corrected chi connectivity index (χ4v) is 12.8. The van der Waals surface area contributed by atoms with E-state index < -0.39 is 0 Å². The van der Waals surface area contributed by atoms with Gasteiger partial charge in [0.25, 0.3) is 0 Å². The van der Waals surface area contributed by atoms with Crippen LogP contribution in [0.15, 0.2) is 328 Å². The molecule has 0 aliphatic carbocycles. The highest BCUT2D eigenvalue weighted by Crippen LogP contribution is 2.45. The quantitative estimate of drug-likeness (QED) is 0.122. The van der Waals surface area contributed by atoms with Crippen LogP contribution in [0.2, 0.25) is 0 Å². The first-order valence-electron chi connectivity index (χ1n) is 29.2. The van der Waals surface area contributed by atoms with Crippen molar-refractivity contribution in [2.75, 3.05) is 9.80 Å². The molecule has 0 fully saturated rings. The minimum Gasteiger partial charge on any atom is -0.310 e. The van der Waals surface area contributed by atoms with E-state index in [1.807, 2.05) is 0 Å². The maximum atomic E-state index is 5.75. The van der Waals surface area contributed by atoms with Crippen LogP contribution in [-0.2, 0) is 0 Å². The van der Waals surface area contributed by atoms with Gasteiger partial charge in [-0.2, -0.15) is 0 Å². The maximum Gasteiger partial charge on any atom is 0.0973 e. The minimum atomic E-state index is 0.794. The van der Waals surface area contributed by atoms with Gasteiger partial charge in [0.05, 0.1) is 44.5 Å². The van der Waals surface area contributed by atoms with Crippen LogP contribution in [0, 0.1) is 0 Å². The first-order chi connectivity index (χ1) is 42.7. The molecule has 0 atom stereocenters. The normalized spacial score (nSPS) is 11.5. The van der Waals surface area contributed by atoms with Crippen molar-refractivity contribution in [1.29, 1.82) is 0 Å². The van der Waals surface area contributed by atoms with E-state index in [0.717, 1.165) is 112 Å². The molecule has 0 radical (unpaired) electrons. The van der Waals surface area contributed by atoms with Gasteiger partial charge >= 0.3 is 0 Å². The van der Waals surface area contributed by atoms with Gasteiger partial charge in [-0.3, -0.25) is 0 Å². The number of para-hydroxylation sites is 7. The first kappa shape index (κ1) is 50.2. The number of benzene rings is 13. The average molecular weight is 1100 g/mol. The van der Waals surface area contributed by atoms with Crippen molar-refractivity contribution in [3.63, 3.8) is 0 Å². The molecule has 0 amide bonds. The smallest absolute Gasteiger partial charge is 0.0973 e. The average Bonchev–Trinajstić information content (AvgIpc) is 1.87. The van der Waals surface area contributed by atoms with E-state index in [-0.39, 0.29) is 0 Å². The van der Waals surface area contributed by atoms with Crippen molar-refractivity contribution in [1.82, 2.24) is 19.1 Å². The zero-order valence-corrected chi connectivity index (χ0v) is 46.9. The summed E-state index contributed by atoms with van der Waals surface area (Å²) in [5, 5.41) is 4.78. The topological polar surface area (TPSA) is 42.1 Å². The molecule has 13 aromatic carbocycles. The van der Waals surface area contributed by atoms with Crippen LogP contribution in [0.1, 0.15) is 0 Å². The molecule has 404 valence electrons. The summed E-state index contributed by atoms with van der Waals surface area (Å²) in [6.45, 7) is 0. The van der Waals surface area contributed by atoms with E-state index in [4.69, 9.17) is 9.97 Å². The van der Waals surface area contributed by atoms with Crippen LogP contribution in [-0.4, -0.2) is 19.1 Å². The van der Waals surface area contributed by atoms with Gasteiger partial charge in [0, 0.05) is 83.7 Å². The van der Waals surface area contributed by atoms with Crippen LogP contribution in [0.25, 0.3) is 111 Å². The first-order valence-corrected chi connectivity index (χ1v) is 29.2. The van der Waals surface area contributed by atoms with Gasteiger partial charge in [-0.25, -0.2) is 9.97 Å². The second-order valence-electron chi connectivity index (χ2n) is 21.7. The molecule has 0 N–H and O–H groups in total. The number of hydrogen-bond donors (Lipinski definition) is 0. The lowest BCUT2D eigenvalue weighted by Crippen LogP contribution is -2.10. The van der Waals surface area contributed by atoms with Gasteiger partial charge in [0.1, 0.15) is 0 Å². The molecule has 16 rings (SSSR count). The van der Waals surface area contributed by atoms with Crippen molar-refractivity contribution < 1.29 is 0 Å². The van der Waals surface area contributed by atoms with E-state index >= 15 is 0 Å².